The Morgan fingerprint density at radius 2 is 1.58 bits per heavy atom. The maximum atomic E-state index is 11.3. The van der Waals surface area contributed by atoms with Crippen molar-refractivity contribution in [3.05, 3.63) is 35.4 Å². The number of nitrogens with two attached hydrogens (primary N) is 2. The highest BCUT2D eigenvalue weighted by atomic mass is 16.2. The lowest BCUT2D eigenvalue weighted by molar-refractivity contribution is 0.1000. The van der Waals surface area contributed by atoms with Crippen LogP contribution in [0.25, 0.3) is 0 Å². The average Bonchev–Trinajstić information content (AvgIpc) is 2.39. The van der Waals surface area contributed by atoms with Crippen molar-refractivity contribution in [3.8, 4) is 0 Å². The van der Waals surface area contributed by atoms with Gasteiger partial charge in [0.25, 0.3) is 0 Å². The lowest BCUT2D eigenvalue weighted by atomic mass is 9.76. The van der Waals surface area contributed by atoms with Gasteiger partial charge in [-0.25, -0.2) is 4.79 Å². The number of rotatable bonds is 3. The highest BCUT2D eigenvalue weighted by Crippen LogP contribution is 2.37. The van der Waals surface area contributed by atoms with Crippen molar-refractivity contribution >= 4 is 11.9 Å². The molecule has 0 saturated heterocycles. The molecule has 0 atom stereocenters. The van der Waals surface area contributed by atoms with Crippen LogP contribution in [0.5, 0.6) is 0 Å². The molecular weight excluding hydrogens is 242 g/mol. The molecule has 0 heterocycles. The van der Waals surface area contributed by atoms with Crippen molar-refractivity contribution in [2.24, 2.45) is 11.5 Å². The molecule has 2 rings (SSSR count). The van der Waals surface area contributed by atoms with E-state index in [4.69, 9.17) is 11.5 Å². The normalized spacial score (nSPS) is 17.7. The number of benzene rings is 1. The minimum atomic E-state index is -0.513. The smallest absolute Gasteiger partial charge is 0.312 e. The number of nitrogens with one attached hydrogen (secondary N) is 1. The summed E-state index contributed by atoms with van der Waals surface area (Å²) in [5, 5.41) is 2.88. The van der Waals surface area contributed by atoms with E-state index >= 15 is 0 Å². The van der Waals surface area contributed by atoms with Crippen LogP contribution < -0.4 is 16.8 Å². The van der Waals surface area contributed by atoms with Crippen molar-refractivity contribution in [2.75, 3.05) is 0 Å². The molecule has 5 heteroatoms. The fraction of sp³-hybridized carbons (Fsp3) is 0.429. The van der Waals surface area contributed by atoms with Gasteiger partial charge in [0.1, 0.15) is 0 Å². The minimum Gasteiger partial charge on any atom is -0.366 e. The Morgan fingerprint density at radius 1 is 1.00 bits per heavy atom. The largest absolute Gasteiger partial charge is 0.366 e. The van der Waals surface area contributed by atoms with Crippen LogP contribution in [-0.2, 0) is 5.54 Å². The molecule has 1 aliphatic carbocycles. The van der Waals surface area contributed by atoms with Crippen molar-refractivity contribution < 1.29 is 9.59 Å². The van der Waals surface area contributed by atoms with Crippen LogP contribution in [0.3, 0.4) is 0 Å². The summed E-state index contributed by atoms with van der Waals surface area (Å²) < 4.78 is 0. The number of carbonyl (C=O) groups excluding carboxylic acids is 2. The van der Waals surface area contributed by atoms with Gasteiger partial charge in [0.2, 0.25) is 5.91 Å². The van der Waals surface area contributed by atoms with Crippen LogP contribution in [0.15, 0.2) is 24.3 Å². The Bertz CT molecular complexity index is 476. The predicted molar refractivity (Wildman–Crippen MR) is 72.4 cm³/mol. The number of urea groups is 1. The monoisotopic (exact) mass is 261 g/mol. The fourth-order valence-electron chi connectivity index (χ4n) is 2.83. The van der Waals surface area contributed by atoms with Crippen LogP contribution in [0, 0.1) is 0 Å². The number of primary amides is 2. The molecule has 102 valence electrons. The van der Waals surface area contributed by atoms with Gasteiger partial charge in [-0.2, -0.15) is 0 Å². The summed E-state index contributed by atoms with van der Waals surface area (Å²) in [5.41, 5.74) is 11.6. The van der Waals surface area contributed by atoms with Crippen LogP contribution in [0.1, 0.15) is 48.0 Å². The molecule has 1 fully saturated rings. The first-order valence-corrected chi connectivity index (χ1v) is 6.51. The van der Waals surface area contributed by atoms with Crippen LogP contribution in [-0.4, -0.2) is 11.9 Å². The zero-order valence-electron chi connectivity index (χ0n) is 10.8. The lowest BCUT2D eigenvalue weighted by Gasteiger charge is -2.38. The van der Waals surface area contributed by atoms with Gasteiger partial charge in [0.15, 0.2) is 0 Å². The number of carbonyl (C=O) groups is 2. The topological polar surface area (TPSA) is 98.2 Å². The van der Waals surface area contributed by atoms with Gasteiger partial charge in [0, 0.05) is 5.56 Å². The van der Waals surface area contributed by atoms with E-state index in [1.165, 1.54) is 6.42 Å². The Morgan fingerprint density at radius 3 is 2.05 bits per heavy atom. The molecule has 3 amide bonds. The third kappa shape index (κ3) is 2.86. The van der Waals surface area contributed by atoms with Crippen molar-refractivity contribution in [2.45, 2.75) is 37.6 Å². The van der Waals surface area contributed by atoms with E-state index < -0.39 is 17.5 Å². The SMILES string of the molecule is NC(=O)NC1(c2ccc(C(N)=O)cc2)CCCCC1. The van der Waals surface area contributed by atoms with E-state index in [1.807, 2.05) is 12.1 Å². The molecule has 0 unspecified atom stereocenters. The third-order valence-electron chi connectivity index (χ3n) is 3.79. The molecule has 1 aliphatic rings. The van der Waals surface area contributed by atoms with Gasteiger partial charge in [-0.15, -0.1) is 0 Å². The molecule has 19 heavy (non-hydrogen) atoms. The minimum absolute atomic E-state index is 0.403. The van der Waals surface area contributed by atoms with Gasteiger partial charge in [-0.1, -0.05) is 31.4 Å². The molecule has 0 bridgehead atoms. The highest BCUT2D eigenvalue weighted by Gasteiger charge is 2.34. The van der Waals surface area contributed by atoms with E-state index in [0.717, 1.165) is 31.2 Å². The zero-order chi connectivity index (χ0) is 13.9. The quantitative estimate of drug-likeness (QED) is 0.770. The summed E-state index contributed by atoms with van der Waals surface area (Å²) in [6.45, 7) is 0. The molecule has 0 aliphatic heterocycles. The second-order valence-corrected chi connectivity index (χ2v) is 5.07. The summed E-state index contributed by atoms with van der Waals surface area (Å²) in [6, 6.07) is 6.57. The van der Waals surface area contributed by atoms with Gasteiger partial charge in [-0.3, -0.25) is 4.79 Å². The number of hydrogen-bond acceptors (Lipinski definition) is 2. The Labute approximate surface area is 112 Å². The lowest BCUT2D eigenvalue weighted by Crippen LogP contribution is -2.49. The van der Waals surface area contributed by atoms with Crippen LogP contribution in [0.4, 0.5) is 4.79 Å². The van der Waals surface area contributed by atoms with E-state index in [1.54, 1.807) is 12.1 Å². The first-order valence-electron chi connectivity index (χ1n) is 6.51. The summed E-state index contributed by atoms with van der Waals surface area (Å²) in [6.07, 6.45) is 5.01. The van der Waals surface area contributed by atoms with E-state index in [-0.39, 0.29) is 0 Å². The average molecular weight is 261 g/mol. The molecule has 5 nitrogen and oxygen atoms in total. The molecule has 1 saturated carbocycles. The second-order valence-electron chi connectivity index (χ2n) is 5.07. The van der Waals surface area contributed by atoms with E-state index in [0.29, 0.717) is 5.56 Å². The molecule has 1 aromatic rings. The van der Waals surface area contributed by atoms with Crippen molar-refractivity contribution in [1.82, 2.24) is 5.32 Å². The van der Waals surface area contributed by atoms with Crippen LogP contribution in [0.2, 0.25) is 0 Å². The van der Waals surface area contributed by atoms with Gasteiger partial charge < -0.3 is 16.8 Å². The molecular formula is C14H19N3O2. The maximum Gasteiger partial charge on any atom is 0.312 e. The highest BCUT2D eigenvalue weighted by molar-refractivity contribution is 5.92. The second kappa shape index (κ2) is 5.30. The number of hydrogen-bond donors (Lipinski definition) is 3. The van der Waals surface area contributed by atoms with Gasteiger partial charge in [0.05, 0.1) is 5.54 Å². The first kappa shape index (κ1) is 13.4. The summed E-state index contributed by atoms with van der Waals surface area (Å²) in [4.78, 5) is 22.3. The van der Waals surface area contributed by atoms with Gasteiger partial charge >= 0.3 is 6.03 Å². The van der Waals surface area contributed by atoms with Crippen molar-refractivity contribution in [3.63, 3.8) is 0 Å². The van der Waals surface area contributed by atoms with Crippen LogP contribution >= 0.6 is 0 Å². The Kier molecular flexibility index (Phi) is 3.74. The molecule has 1 aromatic carbocycles. The molecule has 0 aromatic heterocycles. The molecule has 0 radical (unpaired) electrons. The standard InChI is InChI=1S/C14H19N3O2/c15-12(18)10-4-6-11(7-5-10)14(17-13(16)19)8-2-1-3-9-14/h4-7H,1-3,8-9H2,(H2,15,18)(H3,16,17,19). The maximum absolute atomic E-state index is 11.3. The third-order valence-corrected chi connectivity index (χ3v) is 3.79. The Hall–Kier alpha value is -2.04. The molecule has 5 N–H and O–H groups in total. The van der Waals surface area contributed by atoms with Gasteiger partial charge in [-0.05, 0) is 30.5 Å². The fourth-order valence-corrected chi connectivity index (χ4v) is 2.83. The first-order chi connectivity index (χ1) is 9.03. The summed E-state index contributed by atoms with van der Waals surface area (Å²) in [5.74, 6) is -0.452. The Balaban J connectivity index is 2.32. The van der Waals surface area contributed by atoms with Crippen molar-refractivity contribution in [1.29, 1.82) is 0 Å². The zero-order valence-corrected chi connectivity index (χ0v) is 10.8. The predicted octanol–water partition coefficient (Wildman–Crippen LogP) is 1.61. The molecule has 0 spiro atoms. The summed E-state index contributed by atoms with van der Waals surface area (Å²) >= 11 is 0. The number of amides is 3. The van der Waals surface area contributed by atoms with E-state index in [9.17, 15) is 9.59 Å². The summed E-state index contributed by atoms with van der Waals surface area (Å²) in [7, 11) is 0. The van der Waals surface area contributed by atoms with E-state index in [2.05, 4.69) is 5.32 Å².